The molecule has 134 valence electrons. The molecule has 0 aliphatic heterocycles. The first-order chi connectivity index (χ1) is 12.1. The fraction of sp³-hybridized carbons (Fsp3) is 0.333. The van der Waals surface area contributed by atoms with Gasteiger partial charge in [0.2, 0.25) is 0 Å². The van der Waals surface area contributed by atoms with E-state index in [-0.39, 0.29) is 6.04 Å². The predicted octanol–water partition coefficient (Wildman–Crippen LogP) is 3.91. The molecule has 2 aromatic carbocycles. The summed E-state index contributed by atoms with van der Waals surface area (Å²) >= 11 is 0. The normalized spacial score (nSPS) is 13.1. The minimum Gasteiger partial charge on any atom is -0.403 e. The van der Waals surface area contributed by atoms with E-state index < -0.39 is 6.17 Å². The highest BCUT2D eigenvalue weighted by Gasteiger charge is 2.10. The van der Waals surface area contributed by atoms with E-state index in [0.717, 1.165) is 41.6 Å². The maximum atomic E-state index is 5.89. The van der Waals surface area contributed by atoms with E-state index in [2.05, 4.69) is 49.5 Å². The van der Waals surface area contributed by atoms with Crippen LogP contribution in [0.5, 0.6) is 0 Å². The quantitative estimate of drug-likeness (QED) is 0.549. The van der Waals surface area contributed by atoms with Crippen LogP contribution in [0.2, 0.25) is 0 Å². The Bertz CT molecular complexity index is 689. The molecule has 0 bridgehead atoms. The summed E-state index contributed by atoms with van der Waals surface area (Å²) in [4.78, 5) is 0. The number of benzene rings is 2. The molecule has 0 aliphatic rings. The largest absolute Gasteiger partial charge is 0.403 e. The van der Waals surface area contributed by atoms with Gasteiger partial charge in [0, 0.05) is 17.9 Å². The van der Waals surface area contributed by atoms with Crippen molar-refractivity contribution in [3.8, 4) is 11.1 Å². The van der Waals surface area contributed by atoms with Crippen molar-refractivity contribution in [1.82, 2.24) is 5.32 Å². The van der Waals surface area contributed by atoms with Crippen molar-refractivity contribution in [3.63, 3.8) is 0 Å². The van der Waals surface area contributed by atoms with Gasteiger partial charge in [-0.25, -0.2) is 0 Å². The second-order valence-corrected chi connectivity index (χ2v) is 6.40. The summed E-state index contributed by atoms with van der Waals surface area (Å²) in [5, 5.41) is 3.50. The lowest BCUT2D eigenvalue weighted by molar-refractivity contribution is 0.611. The minimum atomic E-state index is -0.479. The van der Waals surface area contributed by atoms with Crippen molar-refractivity contribution in [3.05, 3.63) is 71.6 Å². The predicted molar refractivity (Wildman–Crippen MR) is 106 cm³/mol. The highest BCUT2D eigenvalue weighted by atomic mass is 14.9. The third-order valence-electron chi connectivity index (χ3n) is 4.44. The van der Waals surface area contributed by atoms with Gasteiger partial charge in [-0.2, -0.15) is 0 Å². The van der Waals surface area contributed by atoms with E-state index in [4.69, 9.17) is 17.2 Å². The maximum Gasteiger partial charge on any atom is 0.0790 e. The van der Waals surface area contributed by atoms with Gasteiger partial charge >= 0.3 is 0 Å². The SMILES string of the molecule is CCCC/C(=C/N)NC(C)c1ccc(-c2ccccc2C(N)N)cc1. The molecule has 1 atom stereocenters. The monoisotopic (exact) mass is 338 g/mol. The molecule has 0 spiro atoms. The molecule has 0 saturated heterocycles. The highest BCUT2D eigenvalue weighted by molar-refractivity contribution is 5.68. The third-order valence-corrected chi connectivity index (χ3v) is 4.44. The first-order valence-corrected chi connectivity index (χ1v) is 8.94. The van der Waals surface area contributed by atoms with Crippen LogP contribution in [0, 0.1) is 0 Å². The average molecular weight is 338 g/mol. The van der Waals surface area contributed by atoms with Crippen LogP contribution in [0.3, 0.4) is 0 Å². The van der Waals surface area contributed by atoms with Crippen molar-refractivity contribution in [1.29, 1.82) is 0 Å². The summed E-state index contributed by atoms with van der Waals surface area (Å²) in [5.41, 5.74) is 23.0. The molecule has 4 heteroatoms. The van der Waals surface area contributed by atoms with Crippen LogP contribution in [-0.2, 0) is 0 Å². The second-order valence-electron chi connectivity index (χ2n) is 6.40. The summed E-state index contributed by atoms with van der Waals surface area (Å²) in [5.74, 6) is 0. The van der Waals surface area contributed by atoms with Crippen LogP contribution in [0.4, 0.5) is 0 Å². The van der Waals surface area contributed by atoms with Gasteiger partial charge in [0.1, 0.15) is 0 Å². The molecule has 0 aromatic heterocycles. The zero-order chi connectivity index (χ0) is 18.2. The Morgan fingerprint density at radius 3 is 2.36 bits per heavy atom. The molecule has 2 rings (SSSR count). The van der Waals surface area contributed by atoms with E-state index in [1.54, 1.807) is 6.20 Å². The Morgan fingerprint density at radius 1 is 1.08 bits per heavy atom. The van der Waals surface area contributed by atoms with E-state index in [1.807, 2.05) is 18.2 Å². The van der Waals surface area contributed by atoms with Gasteiger partial charge in [0.15, 0.2) is 0 Å². The number of rotatable bonds is 8. The highest BCUT2D eigenvalue weighted by Crippen LogP contribution is 2.27. The third kappa shape index (κ3) is 5.08. The minimum absolute atomic E-state index is 0.202. The van der Waals surface area contributed by atoms with Gasteiger partial charge in [-0.05, 0) is 42.0 Å². The molecule has 25 heavy (non-hydrogen) atoms. The molecule has 0 amide bonds. The van der Waals surface area contributed by atoms with Crippen LogP contribution in [0.25, 0.3) is 11.1 Å². The summed E-state index contributed by atoms with van der Waals surface area (Å²) in [6, 6.07) is 16.7. The summed E-state index contributed by atoms with van der Waals surface area (Å²) in [7, 11) is 0. The Kier molecular flexibility index (Phi) is 7.04. The molecule has 0 heterocycles. The zero-order valence-electron chi connectivity index (χ0n) is 15.2. The van der Waals surface area contributed by atoms with Crippen molar-refractivity contribution >= 4 is 0 Å². The van der Waals surface area contributed by atoms with Crippen LogP contribution < -0.4 is 22.5 Å². The van der Waals surface area contributed by atoms with Crippen molar-refractivity contribution in [2.75, 3.05) is 0 Å². The molecule has 2 aromatic rings. The number of unbranched alkanes of at least 4 members (excludes halogenated alkanes) is 1. The molecular weight excluding hydrogens is 308 g/mol. The molecule has 0 radical (unpaired) electrons. The fourth-order valence-corrected chi connectivity index (χ4v) is 2.93. The number of hydrogen-bond acceptors (Lipinski definition) is 4. The smallest absolute Gasteiger partial charge is 0.0790 e. The van der Waals surface area contributed by atoms with Gasteiger partial charge in [-0.3, -0.25) is 0 Å². The zero-order valence-corrected chi connectivity index (χ0v) is 15.2. The molecule has 0 fully saturated rings. The van der Waals surface area contributed by atoms with Crippen LogP contribution in [-0.4, -0.2) is 0 Å². The Hall–Kier alpha value is -2.30. The number of nitrogens with two attached hydrogens (primary N) is 3. The lowest BCUT2D eigenvalue weighted by atomic mass is 9.96. The topological polar surface area (TPSA) is 90.1 Å². The maximum absolute atomic E-state index is 5.89. The first kappa shape index (κ1) is 19.0. The number of allylic oxidation sites excluding steroid dienone is 1. The number of nitrogens with one attached hydrogen (secondary N) is 1. The van der Waals surface area contributed by atoms with Crippen LogP contribution in [0.15, 0.2) is 60.4 Å². The Morgan fingerprint density at radius 2 is 1.76 bits per heavy atom. The van der Waals surface area contributed by atoms with Crippen LogP contribution >= 0.6 is 0 Å². The van der Waals surface area contributed by atoms with Gasteiger partial charge in [0.05, 0.1) is 6.17 Å². The summed E-state index contributed by atoms with van der Waals surface area (Å²) < 4.78 is 0. The molecule has 0 saturated carbocycles. The average Bonchev–Trinajstić information content (AvgIpc) is 2.65. The van der Waals surface area contributed by atoms with E-state index >= 15 is 0 Å². The van der Waals surface area contributed by atoms with Gasteiger partial charge in [0.25, 0.3) is 0 Å². The van der Waals surface area contributed by atoms with E-state index in [1.165, 1.54) is 5.56 Å². The second kappa shape index (κ2) is 9.25. The van der Waals surface area contributed by atoms with Crippen molar-refractivity contribution in [2.45, 2.75) is 45.3 Å². The van der Waals surface area contributed by atoms with Gasteiger partial charge in [-0.1, -0.05) is 61.9 Å². The lowest BCUT2D eigenvalue weighted by Gasteiger charge is -2.19. The van der Waals surface area contributed by atoms with E-state index in [9.17, 15) is 0 Å². The van der Waals surface area contributed by atoms with Gasteiger partial charge < -0.3 is 22.5 Å². The first-order valence-electron chi connectivity index (χ1n) is 8.94. The summed E-state index contributed by atoms with van der Waals surface area (Å²) in [6.07, 6.45) is 4.48. The molecule has 0 aliphatic carbocycles. The van der Waals surface area contributed by atoms with E-state index in [0.29, 0.717) is 0 Å². The molecular formula is C21H30N4. The van der Waals surface area contributed by atoms with Crippen molar-refractivity contribution < 1.29 is 0 Å². The van der Waals surface area contributed by atoms with Crippen molar-refractivity contribution in [2.24, 2.45) is 17.2 Å². The molecule has 1 unspecified atom stereocenters. The number of hydrogen-bond donors (Lipinski definition) is 4. The summed E-state index contributed by atoms with van der Waals surface area (Å²) in [6.45, 7) is 4.33. The fourth-order valence-electron chi connectivity index (χ4n) is 2.93. The van der Waals surface area contributed by atoms with Gasteiger partial charge in [-0.15, -0.1) is 0 Å². The molecule has 4 nitrogen and oxygen atoms in total. The lowest BCUT2D eigenvalue weighted by Crippen LogP contribution is -2.20. The van der Waals surface area contributed by atoms with Crippen LogP contribution in [0.1, 0.15) is 56.4 Å². The Balaban J connectivity index is 2.14. The molecule has 7 N–H and O–H groups in total. The standard InChI is InChI=1S/C21H30N4/c1-3-4-7-18(14-22)25-15(2)16-10-12-17(13-11-16)19-8-5-6-9-20(19)21(23)24/h5-6,8-15,21,25H,3-4,7,22-24H2,1-2H3/b18-14-. The Labute approximate surface area is 151 Å².